The number of thioether (sulfide) groups is 1. The predicted molar refractivity (Wildman–Crippen MR) is 114 cm³/mol. The molecule has 0 atom stereocenters. The van der Waals surface area contributed by atoms with Crippen molar-refractivity contribution in [3.05, 3.63) is 58.9 Å². The average Bonchev–Trinajstić information content (AvgIpc) is 3.27. The van der Waals surface area contributed by atoms with E-state index in [4.69, 9.17) is 0 Å². The van der Waals surface area contributed by atoms with E-state index in [1.807, 2.05) is 0 Å². The number of anilines is 1. The Kier molecular flexibility index (Phi) is 7.14. The van der Waals surface area contributed by atoms with Gasteiger partial charge in [0.05, 0.1) is 5.56 Å². The molecule has 2 aromatic rings. The lowest BCUT2D eigenvalue weighted by Gasteiger charge is -2.18. The fraction of sp³-hybridized carbons (Fsp3) is 0.364. The molecule has 1 fully saturated rings. The first-order valence-corrected chi connectivity index (χ1v) is 10.8. The van der Waals surface area contributed by atoms with Gasteiger partial charge in [0.2, 0.25) is 0 Å². The van der Waals surface area contributed by atoms with E-state index in [9.17, 15) is 19.1 Å². The largest absolute Gasteiger partial charge is 0.504 e. The lowest BCUT2D eigenvalue weighted by atomic mass is 10.1. The van der Waals surface area contributed by atoms with Gasteiger partial charge in [0.25, 0.3) is 5.91 Å². The molecular weight excluding hydrogens is 391 g/mol. The van der Waals surface area contributed by atoms with Crippen LogP contribution < -0.4 is 4.90 Å². The number of nitrogens with zero attached hydrogens (tertiary/aromatic N) is 2. The topological polar surface area (TPSA) is 60.9 Å². The van der Waals surface area contributed by atoms with Gasteiger partial charge in [0, 0.05) is 49.4 Å². The van der Waals surface area contributed by atoms with E-state index < -0.39 is 11.6 Å². The van der Waals surface area contributed by atoms with E-state index in [1.165, 1.54) is 35.1 Å². The van der Waals surface area contributed by atoms with Crippen molar-refractivity contribution < 1.29 is 19.1 Å². The van der Waals surface area contributed by atoms with Crippen molar-refractivity contribution >= 4 is 29.6 Å². The molecule has 0 unspecified atom stereocenters. The SMILES string of the molecule is CN(CCSCc1ccc(N2CCCC2)cc1)C(=O)c1cc(F)c(O)c(C=O)c1. The highest BCUT2D eigenvalue weighted by Crippen LogP contribution is 2.23. The van der Waals surface area contributed by atoms with E-state index in [1.54, 1.807) is 18.8 Å². The predicted octanol–water partition coefficient (Wildman–Crippen LogP) is 3.95. The number of carbonyl (C=O) groups is 2. The molecule has 154 valence electrons. The Labute approximate surface area is 174 Å². The molecule has 1 amide bonds. The van der Waals surface area contributed by atoms with Gasteiger partial charge in [-0.2, -0.15) is 11.8 Å². The Balaban J connectivity index is 1.47. The Morgan fingerprint density at radius 3 is 2.59 bits per heavy atom. The fourth-order valence-corrected chi connectivity index (χ4v) is 4.30. The highest BCUT2D eigenvalue weighted by molar-refractivity contribution is 7.98. The molecule has 0 radical (unpaired) electrons. The lowest BCUT2D eigenvalue weighted by molar-refractivity contribution is 0.0803. The number of phenols is 1. The summed E-state index contributed by atoms with van der Waals surface area (Å²) in [5.41, 5.74) is 2.33. The van der Waals surface area contributed by atoms with Crippen molar-refractivity contribution in [2.45, 2.75) is 18.6 Å². The standard InChI is InChI=1S/C22H25FN2O3S/c1-24(22(28)17-12-18(14-26)21(27)20(23)13-17)10-11-29-15-16-4-6-19(7-5-16)25-8-2-3-9-25/h4-7,12-14,27H,2-3,8-11,15H2,1H3. The molecule has 0 aliphatic carbocycles. The molecular formula is C22H25FN2O3S. The first-order valence-electron chi connectivity index (χ1n) is 9.64. The van der Waals surface area contributed by atoms with Crippen molar-refractivity contribution in [1.29, 1.82) is 0 Å². The zero-order valence-corrected chi connectivity index (χ0v) is 17.3. The number of rotatable bonds is 8. The summed E-state index contributed by atoms with van der Waals surface area (Å²) in [5.74, 6) is -0.506. The third-order valence-electron chi connectivity index (χ3n) is 5.06. The molecule has 1 aliphatic rings. The second-order valence-corrected chi connectivity index (χ2v) is 8.26. The summed E-state index contributed by atoms with van der Waals surface area (Å²) in [4.78, 5) is 27.3. The monoisotopic (exact) mass is 416 g/mol. The number of aromatic hydroxyl groups is 1. The van der Waals surface area contributed by atoms with Crippen LogP contribution in [0.25, 0.3) is 0 Å². The minimum atomic E-state index is -0.974. The smallest absolute Gasteiger partial charge is 0.253 e. The van der Waals surface area contributed by atoms with Gasteiger partial charge >= 0.3 is 0 Å². The number of halogens is 1. The van der Waals surface area contributed by atoms with Crippen LogP contribution in [-0.2, 0) is 5.75 Å². The number of carbonyl (C=O) groups excluding carboxylic acids is 2. The summed E-state index contributed by atoms with van der Waals surface area (Å²) in [5, 5.41) is 9.47. The molecule has 0 aromatic heterocycles. The van der Waals surface area contributed by atoms with Crippen LogP contribution in [-0.4, -0.2) is 54.6 Å². The number of phenolic OH excluding ortho intramolecular Hbond substituents is 1. The molecule has 1 aliphatic heterocycles. The van der Waals surface area contributed by atoms with Crippen LogP contribution in [0.5, 0.6) is 5.75 Å². The van der Waals surface area contributed by atoms with Crippen molar-refractivity contribution in [2.24, 2.45) is 0 Å². The Morgan fingerprint density at radius 2 is 1.93 bits per heavy atom. The van der Waals surface area contributed by atoms with Gasteiger partial charge in [-0.15, -0.1) is 0 Å². The maximum atomic E-state index is 13.7. The van der Waals surface area contributed by atoms with Crippen LogP contribution in [0, 0.1) is 5.82 Å². The van der Waals surface area contributed by atoms with Crippen LogP contribution in [0.2, 0.25) is 0 Å². The Bertz CT molecular complexity index is 867. The minimum Gasteiger partial charge on any atom is -0.504 e. The number of hydrogen-bond donors (Lipinski definition) is 1. The fourth-order valence-electron chi connectivity index (χ4n) is 3.33. The molecule has 2 aromatic carbocycles. The van der Waals surface area contributed by atoms with Crippen LogP contribution in [0.4, 0.5) is 10.1 Å². The van der Waals surface area contributed by atoms with E-state index >= 15 is 0 Å². The van der Waals surface area contributed by atoms with E-state index in [0.717, 1.165) is 30.7 Å². The molecule has 7 heteroatoms. The van der Waals surface area contributed by atoms with Gasteiger partial charge in [0.1, 0.15) is 0 Å². The van der Waals surface area contributed by atoms with Gasteiger partial charge in [0.15, 0.2) is 17.9 Å². The molecule has 1 heterocycles. The van der Waals surface area contributed by atoms with E-state index in [0.29, 0.717) is 12.8 Å². The van der Waals surface area contributed by atoms with Gasteiger partial charge in [-0.05, 0) is 42.7 Å². The molecule has 5 nitrogen and oxygen atoms in total. The van der Waals surface area contributed by atoms with Crippen molar-refractivity contribution in [3.8, 4) is 5.75 Å². The Hall–Kier alpha value is -2.54. The zero-order chi connectivity index (χ0) is 20.8. The zero-order valence-electron chi connectivity index (χ0n) is 16.4. The average molecular weight is 417 g/mol. The number of benzene rings is 2. The lowest BCUT2D eigenvalue weighted by Crippen LogP contribution is -2.29. The summed E-state index contributed by atoms with van der Waals surface area (Å²) in [6.45, 7) is 2.76. The van der Waals surface area contributed by atoms with Gasteiger partial charge < -0.3 is 14.9 Å². The van der Waals surface area contributed by atoms with Crippen molar-refractivity contribution in [2.75, 3.05) is 37.3 Å². The number of amides is 1. The van der Waals surface area contributed by atoms with Crippen molar-refractivity contribution in [3.63, 3.8) is 0 Å². The van der Waals surface area contributed by atoms with Gasteiger partial charge in [-0.1, -0.05) is 12.1 Å². The summed E-state index contributed by atoms with van der Waals surface area (Å²) >= 11 is 1.72. The highest BCUT2D eigenvalue weighted by atomic mass is 32.2. The molecule has 3 rings (SSSR count). The van der Waals surface area contributed by atoms with Crippen LogP contribution in [0.3, 0.4) is 0 Å². The third-order valence-corrected chi connectivity index (χ3v) is 6.07. The number of aldehydes is 1. The van der Waals surface area contributed by atoms with Crippen LogP contribution >= 0.6 is 11.8 Å². The first-order chi connectivity index (χ1) is 14.0. The molecule has 0 saturated carbocycles. The third kappa shape index (κ3) is 5.29. The summed E-state index contributed by atoms with van der Waals surface area (Å²) in [6, 6.07) is 10.8. The molecule has 1 saturated heterocycles. The maximum absolute atomic E-state index is 13.7. The van der Waals surface area contributed by atoms with Crippen LogP contribution in [0.1, 0.15) is 39.1 Å². The van der Waals surface area contributed by atoms with Gasteiger partial charge in [-0.25, -0.2) is 4.39 Å². The second-order valence-electron chi connectivity index (χ2n) is 7.15. The van der Waals surface area contributed by atoms with E-state index in [-0.39, 0.29) is 17.0 Å². The normalized spacial score (nSPS) is 13.5. The molecule has 0 spiro atoms. The van der Waals surface area contributed by atoms with Crippen molar-refractivity contribution in [1.82, 2.24) is 4.90 Å². The maximum Gasteiger partial charge on any atom is 0.253 e. The summed E-state index contributed by atoms with van der Waals surface area (Å²) < 4.78 is 13.7. The second kappa shape index (κ2) is 9.78. The number of hydrogen-bond acceptors (Lipinski definition) is 5. The van der Waals surface area contributed by atoms with Gasteiger partial charge in [-0.3, -0.25) is 9.59 Å². The Morgan fingerprint density at radius 1 is 1.24 bits per heavy atom. The molecule has 29 heavy (non-hydrogen) atoms. The summed E-state index contributed by atoms with van der Waals surface area (Å²) in [7, 11) is 1.64. The first kappa shape index (κ1) is 21.2. The molecule has 1 N–H and O–H groups in total. The quantitative estimate of drug-likeness (QED) is 0.522. The molecule has 0 bridgehead atoms. The minimum absolute atomic E-state index is 0.0485. The highest BCUT2D eigenvalue weighted by Gasteiger charge is 2.17. The van der Waals surface area contributed by atoms with Crippen LogP contribution in [0.15, 0.2) is 36.4 Å². The summed E-state index contributed by atoms with van der Waals surface area (Å²) in [6.07, 6.45) is 2.86. The van der Waals surface area contributed by atoms with E-state index in [2.05, 4.69) is 29.2 Å².